The molecule has 1 N–H and O–H groups in total. The molecule has 0 spiro atoms. The number of fused-ring (bicyclic) bond motifs is 3. The van der Waals surface area contributed by atoms with E-state index in [0.29, 0.717) is 18.7 Å². The van der Waals surface area contributed by atoms with Crippen LogP contribution in [0.1, 0.15) is 53.7 Å². The second-order valence-electron chi connectivity index (χ2n) is 8.31. The molecule has 1 heterocycles. The highest BCUT2D eigenvalue weighted by atomic mass is 16.5. The third-order valence-corrected chi connectivity index (χ3v) is 6.12. The van der Waals surface area contributed by atoms with Crippen LogP contribution in [0.15, 0.2) is 72.8 Å². The van der Waals surface area contributed by atoms with Crippen LogP contribution >= 0.6 is 0 Å². The number of benzene rings is 3. The van der Waals surface area contributed by atoms with Gasteiger partial charge in [0, 0.05) is 18.7 Å². The highest BCUT2D eigenvalue weighted by Gasteiger charge is 2.37. The average Bonchev–Trinajstić information content (AvgIpc) is 2.96. The highest BCUT2D eigenvalue weighted by molar-refractivity contribution is 6.05. The number of nitrogens with zero attached hydrogens (tertiary/aromatic N) is 1. The van der Waals surface area contributed by atoms with Crippen molar-refractivity contribution in [1.29, 1.82) is 0 Å². The lowest BCUT2D eigenvalue weighted by Gasteiger charge is -2.30. The van der Waals surface area contributed by atoms with Crippen molar-refractivity contribution in [2.75, 3.05) is 13.7 Å². The van der Waals surface area contributed by atoms with Crippen LogP contribution < -0.4 is 10.1 Å². The first kappa shape index (κ1) is 22.6. The maximum atomic E-state index is 13.8. The number of carbonyl (C=O) groups is 2. The molecule has 3 aromatic carbocycles. The molecule has 0 fully saturated rings. The number of hydrogen-bond acceptors (Lipinski definition) is 3. The summed E-state index contributed by atoms with van der Waals surface area (Å²) in [6.07, 6.45) is 3.06. The van der Waals surface area contributed by atoms with E-state index in [1.807, 2.05) is 72.8 Å². The minimum Gasteiger partial charge on any atom is -0.497 e. The molecule has 33 heavy (non-hydrogen) atoms. The summed E-state index contributed by atoms with van der Waals surface area (Å²) in [5.74, 6) is 0.460. The van der Waals surface area contributed by atoms with Gasteiger partial charge in [-0.15, -0.1) is 0 Å². The summed E-state index contributed by atoms with van der Waals surface area (Å²) < 4.78 is 5.27. The van der Waals surface area contributed by atoms with Gasteiger partial charge in [0.25, 0.3) is 5.91 Å². The van der Waals surface area contributed by atoms with E-state index < -0.39 is 6.04 Å². The fourth-order valence-corrected chi connectivity index (χ4v) is 4.38. The van der Waals surface area contributed by atoms with E-state index >= 15 is 0 Å². The molecule has 1 atom stereocenters. The molecule has 0 saturated heterocycles. The lowest BCUT2D eigenvalue weighted by Crippen LogP contribution is -2.43. The van der Waals surface area contributed by atoms with Gasteiger partial charge in [0.15, 0.2) is 0 Å². The number of ether oxygens (including phenoxy) is 1. The van der Waals surface area contributed by atoms with Crippen molar-refractivity contribution >= 4 is 11.8 Å². The van der Waals surface area contributed by atoms with Crippen molar-refractivity contribution in [3.8, 4) is 16.9 Å². The molecule has 4 rings (SSSR count). The molecule has 0 aliphatic carbocycles. The average molecular weight is 443 g/mol. The van der Waals surface area contributed by atoms with Crippen molar-refractivity contribution in [2.24, 2.45) is 0 Å². The van der Waals surface area contributed by atoms with Crippen molar-refractivity contribution in [2.45, 2.75) is 38.8 Å². The SMILES string of the molecule is CCCCCNC(=O)C1c2ccccc2-c2ccccc2C(=O)N1Cc1ccc(OC)cc1. The summed E-state index contributed by atoms with van der Waals surface area (Å²) in [7, 11) is 1.63. The maximum absolute atomic E-state index is 13.8. The van der Waals surface area contributed by atoms with Crippen molar-refractivity contribution in [3.05, 3.63) is 89.5 Å². The van der Waals surface area contributed by atoms with Crippen LogP contribution in [0, 0.1) is 0 Å². The van der Waals surface area contributed by atoms with E-state index in [2.05, 4.69) is 12.2 Å². The Kier molecular flexibility index (Phi) is 7.08. The molecular formula is C28H30N2O3. The van der Waals surface area contributed by atoms with E-state index in [4.69, 9.17) is 4.74 Å². The lowest BCUT2D eigenvalue weighted by atomic mass is 9.93. The first-order valence-electron chi connectivity index (χ1n) is 11.5. The van der Waals surface area contributed by atoms with Crippen LogP contribution in [-0.4, -0.2) is 30.4 Å². The van der Waals surface area contributed by atoms with Gasteiger partial charge in [-0.2, -0.15) is 0 Å². The second-order valence-corrected chi connectivity index (χ2v) is 8.31. The zero-order valence-corrected chi connectivity index (χ0v) is 19.2. The Morgan fingerprint density at radius 2 is 1.58 bits per heavy atom. The molecule has 1 unspecified atom stereocenters. The van der Waals surface area contributed by atoms with E-state index in [1.54, 1.807) is 12.0 Å². The fourth-order valence-electron chi connectivity index (χ4n) is 4.38. The van der Waals surface area contributed by atoms with Crippen LogP contribution in [0.4, 0.5) is 0 Å². The third-order valence-electron chi connectivity index (χ3n) is 6.12. The van der Waals surface area contributed by atoms with Gasteiger partial charge >= 0.3 is 0 Å². The van der Waals surface area contributed by atoms with E-state index in [0.717, 1.165) is 47.3 Å². The number of hydrogen-bond donors (Lipinski definition) is 1. The van der Waals surface area contributed by atoms with Gasteiger partial charge < -0.3 is 15.0 Å². The van der Waals surface area contributed by atoms with Crippen LogP contribution in [0.2, 0.25) is 0 Å². The van der Waals surface area contributed by atoms with Crippen molar-refractivity contribution in [1.82, 2.24) is 10.2 Å². The van der Waals surface area contributed by atoms with Gasteiger partial charge in [-0.25, -0.2) is 0 Å². The maximum Gasteiger partial charge on any atom is 0.255 e. The van der Waals surface area contributed by atoms with E-state index in [1.165, 1.54) is 0 Å². The largest absolute Gasteiger partial charge is 0.497 e. The van der Waals surface area contributed by atoms with Gasteiger partial charge in [0.2, 0.25) is 5.91 Å². The number of unbranched alkanes of at least 4 members (excludes halogenated alkanes) is 2. The van der Waals surface area contributed by atoms with Gasteiger partial charge in [0.1, 0.15) is 11.8 Å². The molecule has 0 bridgehead atoms. The van der Waals surface area contributed by atoms with Gasteiger partial charge in [0.05, 0.1) is 7.11 Å². The van der Waals surface area contributed by atoms with Crippen molar-refractivity contribution in [3.63, 3.8) is 0 Å². The molecule has 0 saturated carbocycles. The van der Waals surface area contributed by atoms with Crippen LogP contribution in [0.5, 0.6) is 5.75 Å². The Morgan fingerprint density at radius 3 is 2.27 bits per heavy atom. The Bertz CT molecular complexity index is 1120. The quantitative estimate of drug-likeness (QED) is 0.478. The summed E-state index contributed by atoms with van der Waals surface area (Å²) in [4.78, 5) is 29.1. The standard InChI is InChI=1S/C28H30N2O3/c1-3-4-9-18-29-27(31)26-24-12-7-5-10-22(24)23-11-6-8-13-25(23)28(32)30(26)19-20-14-16-21(33-2)17-15-20/h5-8,10-17,26H,3-4,9,18-19H2,1-2H3,(H,29,31). The Balaban J connectivity index is 1.77. The molecule has 5 nitrogen and oxygen atoms in total. The molecule has 0 aromatic heterocycles. The van der Waals surface area contributed by atoms with Crippen LogP contribution in [-0.2, 0) is 11.3 Å². The predicted octanol–water partition coefficient (Wildman–Crippen LogP) is 5.37. The summed E-state index contributed by atoms with van der Waals surface area (Å²) in [6.45, 7) is 3.05. The van der Waals surface area contributed by atoms with Gasteiger partial charge in [-0.3, -0.25) is 9.59 Å². The summed E-state index contributed by atoms with van der Waals surface area (Å²) in [5.41, 5.74) is 4.17. The minimum absolute atomic E-state index is 0.145. The molecule has 1 aliphatic rings. The number of nitrogens with one attached hydrogen (secondary N) is 1. The zero-order valence-electron chi connectivity index (χ0n) is 19.2. The van der Waals surface area contributed by atoms with Crippen LogP contribution in [0.3, 0.4) is 0 Å². The Hall–Kier alpha value is -3.60. The summed E-state index contributed by atoms with van der Waals surface area (Å²) in [5, 5.41) is 3.08. The molecular weight excluding hydrogens is 412 g/mol. The van der Waals surface area contributed by atoms with Gasteiger partial charge in [-0.05, 0) is 46.9 Å². The predicted molar refractivity (Wildman–Crippen MR) is 130 cm³/mol. The summed E-state index contributed by atoms with van der Waals surface area (Å²) in [6, 6.07) is 22.3. The van der Waals surface area contributed by atoms with E-state index in [-0.39, 0.29) is 11.8 Å². The molecule has 3 aromatic rings. The first-order chi connectivity index (χ1) is 16.1. The summed E-state index contributed by atoms with van der Waals surface area (Å²) >= 11 is 0. The number of methoxy groups -OCH3 is 1. The van der Waals surface area contributed by atoms with E-state index in [9.17, 15) is 9.59 Å². The lowest BCUT2D eigenvalue weighted by molar-refractivity contribution is -0.126. The zero-order chi connectivity index (χ0) is 23.2. The normalized spacial score (nSPS) is 14.8. The smallest absolute Gasteiger partial charge is 0.255 e. The molecule has 170 valence electrons. The molecule has 0 radical (unpaired) electrons. The van der Waals surface area contributed by atoms with Crippen molar-refractivity contribution < 1.29 is 14.3 Å². The molecule has 5 heteroatoms. The fraction of sp³-hybridized carbons (Fsp3) is 0.286. The van der Waals surface area contributed by atoms with Crippen LogP contribution in [0.25, 0.3) is 11.1 Å². The second kappa shape index (κ2) is 10.3. The number of carbonyl (C=O) groups excluding carboxylic acids is 2. The molecule has 2 amide bonds. The third kappa shape index (κ3) is 4.77. The van der Waals surface area contributed by atoms with Gasteiger partial charge in [-0.1, -0.05) is 74.4 Å². The number of amides is 2. The Morgan fingerprint density at radius 1 is 0.909 bits per heavy atom. The molecule has 1 aliphatic heterocycles. The monoisotopic (exact) mass is 442 g/mol. The Labute approximate surface area is 195 Å². The highest BCUT2D eigenvalue weighted by Crippen LogP contribution is 2.39. The minimum atomic E-state index is -0.718. The number of rotatable bonds is 8. The topological polar surface area (TPSA) is 58.6 Å². The first-order valence-corrected chi connectivity index (χ1v) is 11.5.